The molecule has 3 unspecified atom stereocenters. The van der Waals surface area contributed by atoms with Gasteiger partial charge in [-0.15, -0.1) is 0 Å². The SMILES string of the molecule is CC(CC(=O)O)c1ccc(Cl)c(NC(=O)C(C(C)C(F)(F)F)N2CCC3(CC2)CC3)c1. The van der Waals surface area contributed by atoms with Gasteiger partial charge in [0, 0.05) is 0 Å². The number of carboxylic acid groups (broad SMARTS) is 1. The molecule has 2 aliphatic rings. The highest BCUT2D eigenvalue weighted by atomic mass is 35.5. The van der Waals surface area contributed by atoms with Gasteiger partial charge in [-0.3, -0.25) is 14.5 Å². The highest BCUT2D eigenvalue weighted by Gasteiger charge is 2.50. The first-order chi connectivity index (χ1) is 14.4. The zero-order chi connectivity index (χ0) is 23.0. The fraction of sp³-hybridized carbons (Fsp3) is 0.636. The highest BCUT2D eigenvalue weighted by Crippen LogP contribution is 2.54. The van der Waals surface area contributed by atoms with Crippen molar-refractivity contribution in [2.24, 2.45) is 11.3 Å². The zero-order valence-electron chi connectivity index (χ0n) is 17.6. The van der Waals surface area contributed by atoms with Crippen LogP contribution in [-0.4, -0.2) is 47.2 Å². The number of halogens is 4. The Labute approximate surface area is 184 Å². The third-order valence-corrected chi connectivity index (χ3v) is 7.10. The molecule has 0 aromatic heterocycles. The maximum absolute atomic E-state index is 13.6. The molecule has 1 aliphatic carbocycles. The first-order valence-corrected chi connectivity index (χ1v) is 10.9. The van der Waals surface area contributed by atoms with Crippen molar-refractivity contribution in [2.75, 3.05) is 18.4 Å². The predicted molar refractivity (Wildman–Crippen MR) is 112 cm³/mol. The highest BCUT2D eigenvalue weighted by molar-refractivity contribution is 6.33. The molecule has 1 heterocycles. The van der Waals surface area contributed by atoms with Crippen LogP contribution in [-0.2, 0) is 9.59 Å². The lowest BCUT2D eigenvalue weighted by Crippen LogP contribution is -2.54. The Morgan fingerprint density at radius 1 is 1.19 bits per heavy atom. The van der Waals surface area contributed by atoms with E-state index in [-0.39, 0.29) is 28.5 Å². The van der Waals surface area contributed by atoms with E-state index in [0.29, 0.717) is 18.7 Å². The van der Waals surface area contributed by atoms with Gasteiger partial charge in [0.05, 0.1) is 23.0 Å². The fourth-order valence-electron chi connectivity index (χ4n) is 4.37. The van der Waals surface area contributed by atoms with Crippen LogP contribution < -0.4 is 5.32 Å². The molecule has 3 atom stereocenters. The molecule has 1 amide bonds. The number of piperidine rings is 1. The minimum absolute atomic E-state index is 0.113. The summed E-state index contributed by atoms with van der Waals surface area (Å²) in [5, 5.41) is 11.8. The predicted octanol–water partition coefficient (Wildman–Crippen LogP) is 5.30. The number of likely N-dealkylation sites (tertiary alicyclic amines) is 1. The lowest BCUT2D eigenvalue weighted by molar-refractivity contribution is -0.189. The first kappa shape index (κ1) is 23.9. The maximum atomic E-state index is 13.6. The second-order valence-electron chi connectivity index (χ2n) is 9.04. The molecule has 2 fully saturated rings. The van der Waals surface area contributed by atoms with Gasteiger partial charge in [0.1, 0.15) is 6.04 Å². The van der Waals surface area contributed by atoms with Gasteiger partial charge in [-0.05, 0) is 67.8 Å². The molecule has 9 heteroatoms. The molecular weight excluding hydrogens is 433 g/mol. The van der Waals surface area contributed by atoms with Crippen LogP contribution in [0.4, 0.5) is 18.9 Å². The minimum atomic E-state index is -4.52. The molecule has 3 rings (SSSR count). The van der Waals surface area contributed by atoms with Crippen LogP contribution in [0.1, 0.15) is 57.4 Å². The first-order valence-electron chi connectivity index (χ1n) is 10.5. The van der Waals surface area contributed by atoms with E-state index in [2.05, 4.69) is 5.32 Å². The van der Waals surface area contributed by atoms with Crippen LogP contribution in [0.3, 0.4) is 0 Å². The quantitative estimate of drug-likeness (QED) is 0.579. The van der Waals surface area contributed by atoms with Crippen molar-refractivity contribution < 1.29 is 27.9 Å². The Morgan fingerprint density at radius 2 is 1.81 bits per heavy atom. The van der Waals surface area contributed by atoms with Crippen molar-refractivity contribution in [2.45, 2.75) is 64.1 Å². The van der Waals surface area contributed by atoms with Gasteiger partial charge in [0.25, 0.3) is 0 Å². The van der Waals surface area contributed by atoms with E-state index in [1.54, 1.807) is 24.0 Å². The van der Waals surface area contributed by atoms with Gasteiger partial charge in [-0.2, -0.15) is 13.2 Å². The van der Waals surface area contributed by atoms with Crippen LogP contribution in [0, 0.1) is 11.3 Å². The number of hydrogen-bond donors (Lipinski definition) is 2. The summed E-state index contributed by atoms with van der Waals surface area (Å²) in [6.45, 7) is 3.68. The number of carboxylic acids is 1. The Balaban J connectivity index is 1.80. The Morgan fingerprint density at radius 3 is 2.32 bits per heavy atom. The van der Waals surface area contributed by atoms with Crippen molar-refractivity contribution in [3.05, 3.63) is 28.8 Å². The topological polar surface area (TPSA) is 69.6 Å². The summed E-state index contributed by atoms with van der Waals surface area (Å²) < 4.78 is 40.8. The molecule has 1 aromatic carbocycles. The molecule has 0 bridgehead atoms. The van der Waals surface area contributed by atoms with Gasteiger partial charge in [0.15, 0.2) is 0 Å². The van der Waals surface area contributed by atoms with Crippen LogP contribution in [0.25, 0.3) is 0 Å². The van der Waals surface area contributed by atoms with Crippen LogP contribution in [0.2, 0.25) is 5.02 Å². The molecule has 1 spiro atoms. The number of nitrogens with zero attached hydrogens (tertiary/aromatic N) is 1. The number of carbonyl (C=O) groups excluding carboxylic acids is 1. The molecule has 31 heavy (non-hydrogen) atoms. The summed E-state index contributed by atoms with van der Waals surface area (Å²) in [5.41, 5.74) is 1.10. The number of carbonyl (C=O) groups is 2. The Hall–Kier alpha value is -1.80. The largest absolute Gasteiger partial charge is 0.481 e. The summed E-state index contributed by atoms with van der Waals surface area (Å²) in [6, 6.07) is 3.36. The smallest absolute Gasteiger partial charge is 0.393 e. The van der Waals surface area contributed by atoms with E-state index in [9.17, 15) is 22.8 Å². The van der Waals surface area contributed by atoms with Crippen LogP contribution >= 0.6 is 11.6 Å². The van der Waals surface area contributed by atoms with Crippen LogP contribution in [0.15, 0.2) is 18.2 Å². The van der Waals surface area contributed by atoms with Crippen LogP contribution in [0.5, 0.6) is 0 Å². The number of hydrogen-bond acceptors (Lipinski definition) is 3. The molecule has 1 aliphatic heterocycles. The third kappa shape index (κ3) is 5.71. The molecule has 0 radical (unpaired) electrons. The van der Waals surface area contributed by atoms with Gasteiger partial charge in [-0.1, -0.05) is 31.5 Å². The average Bonchev–Trinajstić information content (AvgIpc) is 3.43. The van der Waals surface area contributed by atoms with E-state index in [4.69, 9.17) is 16.7 Å². The molecule has 1 saturated carbocycles. The molecule has 1 aromatic rings. The van der Waals surface area contributed by atoms with E-state index >= 15 is 0 Å². The van der Waals surface area contributed by atoms with Crippen molar-refractivity contribution in [1.29, 1.82) is 0 Å². The molecule has 172 valence electrons. The Kier molecular flexibility index (Phi) is 6.91. The monoisotopic (exact) mass is 460 g/mol. The van der Waals surface area contributed by atoms with Crippen molar-refractivity contribution in [3.63, 3.8) is 0 Å². The van der Waals surface area contributed by atoms with Gasteiger partial charge in [-0.25, -0.2) is 0 Å². The minimum Gasteiger partial charge on any atom is -0.481 e. The summed E-state index contributed by atoms with van der Waals surface area (Å²) in [7, 11) is 0. The number of alkyl halides is 3. The number of aliphatic carboxylic acids is 1. The van der Waals surface area contributed by atoms with Crippen molar-refractivity contribution in [1.82, 2.24) is 4.90 Å². The molecule has 1 saturated heterocycles. The number of nitrogens with one attached hydrogen (secondary N) is 1. The normalized spacial score (nSPS) is 21.4. The van der Waals surface area contributed by atoms with Gasteiger partial charge >= 0.3 is 12.1 Å². The standard InChI is InChI=1S/C22H28ClF3N2O3/c1-13(11-18(29)30)15-3-4-16(23)17(12-15)27-20(31)19(14(2)22(24,25)26)28-9-7-21(5-6-21)8-10-28/h3-4,12-14,19H,5-11H2,1-2H3,(H,27,31)(H,29,30). The number of anilines is 1. The summed E-state index contributed by atoms with van der Waals surface area (Å²) in [4.78, 5) is 25.7. The second kappa shape index (κ2) is 8.98. The van der Waals surface area contributed by atoms with E-state index in [1.807, 2.05) is 0 Å². The average molecular weight is 461 g/mol. The van der Waals surface area contributed by atoms with E-state index < -0.39 is 30.0 Å². The van der Waals surface area contributed by atoms with Gasteiger partial charge in [0.2, 0.25) is 5.91 Å². The number of benzene rings is 1. The maximum Gasteiger partial charge on any atom is 0.393 e. The Bertz CT molecular complexity index is 832. The number of rotatable bonds is 7. The summed E-state index contributed by atoms with van der Waals surface area (Å²) in [5.74, 6) is -3.90. The summed E-state index contributed by atoms with van der Waals surface area (Å²) in [6.07, 6.45) is -0.780. The zero-order valence-corrected chi connectivity index (χ0v) is 18.4. The lowest BCUT2D eigenvalue weighted by atomic mass is 9.90. The molecule has 5 nitrogen and oxygen atoms in total. The van der Waals surface area contributed by atoms with Gasteiger partial charge < -0.3 is 10.4 Å². The molecule has 2 N–H and O–H groups in total. The summed E-state index contributed by atoms with van der Waals surface area (Å²) >= 11 is 6.19. The molecular formula is C22H28ClF3N2O3. The lowest BCUT2D eigenvalue weighted by Gasteiger charge is -2.40. The number of amides is 1. The van der Waals surface area contributed by atoms with E-state index in [1.165, 1.54) is 6.07 Å². The fourth-order valence-corrected chi connectivity index (χ4v) is 4.54. The van der Waals surface area contributed by atoms with Crippen molar-refractivity contribution in [3.8, 4) is 0 Å². The van der Waals surface area contributed by atoms with Crippen molar-refractivity contribution >= 4 is 29.2 Å². The van der Waals surface area contributed by atoms with E-state index in [0.717, 1.165) is 32.6 Å². The second-order valence-corrected chi connectivity index (χ2v) is 9.45. The third-order valence-electron chi connectivity index (χ3n) is 6.77.